The number of carbonyl (C=O) groups excluding carboxylic acids is 1. The number of nitrogens with zero attached hydrogens (tertiary/aromatic N) is 1. The van der Waals surface area contributed by atoms with Crippen molar-refractivity contribution in [2.24, 2.45) is 0 Å². The van der Waals surface area contributed by atoms with E-state index in [1.165, 1.54) is 16.5 Å². The molecule has 4 heteroatoms. The van der Waals surface area contributed by atoms with Crippen molar-refractivity contribution < 1.29 is 14.7 Å². The molecule has 0 bridgehead atoms. The minimum atomic E-state index is -1.02. The van der Waals surface area contributed by atoms with Gasteiger partial charge in [-0.25, -0.2) is 4.79 Å². The fourth-order valence-electron chi connectivity index (χ4n) is 3.53. The zero-order valence-corrected chi connectivity index (χ0v) is 18.6. The number of hydrogen-bond donors (Lipinski definition) is 1. The molecule has 0 saturated carbocycles. The number of amides is 1. The first-order valence-electron chi connectivity index (χ1n) is 10.9. The average Bonchev–Trinajstić information content (AvgIpc) is 2.81. The second-order valence-electron chi connectivity index (χ2n) is 7.92. The first-order valence-corrected chi connectivity index (χ1v) is 10.9. The molecule has 1 atom stereocenters. The molecule has 1 amide bonds. The normalized spacial score (nSPS) is 11.9. The van der Waals surface area contributed by atoms with Crippen LogP contribution in [0.15, 0.2) is 84.9 Å². The van der Waals surface area contributed by atoms with Gasteiger partial charge in [-0.05, 0) is 41.7 Å². The summed E-state index contributed by atoms with van der Waals surface area (Å²) in [7, 11) is 0. The molecular formula is C28H29NO3. The molecule has 164 valence electrons. The van der Waals surface area contributed by atoms with Crippen molar-refractivity contribution in [3.05, 3.63) is 113 Å². The fraction of sp³-hybridized carbons (Fsp3) is 0.214. The Morgan fingerprint density at radius 3 is 2.09 bits per heavy atom. The lowest BCUT2D eigenvalue weighted by Gasteiger charge is -2.28. The van der Waals surface area contributed by atoms with Crippen LogP contribution in [-0.4, -0.2) is 27.9 Å². The van der Waals surface area contributed by atoms with Crippen molar-refractivity contribution in [3.63, 3.8) is 0 Å². The molecule has 0 aliphatic rings. The molecule has 0 aromatic heterocycles. The van der Waals surface area contributed by atoms with Gasteiger partial charge in [0.2, 0.25) is 5.91 Å². The van der Waals surface area contributed by atoms with E-state index in [1.807, 2.05) is 85.8 Å². The summed E-state index contributed by atoms with van der Waals surface area (Å²) in [6, 6.07) is 24.2. The average molecular weight is 428 g/mol. The van der Waals surface area contributed by atoms with E-state index in [1.54, 1.807) is 6.08 Å². The molecule has 0 saturated heterocycles. The monoisotopic (exact) mass is 427 g/mol. The Balaban J connectivity index is 1.89. The van der Waals surface area contributed by atoms with E-state index in [2.05, 4.69) is 6.92 Å². The third-order valence-corrected chi connectivity index (χ3v) is 5.50. The molecule has 0 radical (unpaired) electrons. The van der Waals surface area contributed by atoms with Crippen molar-refractivity contribution in [1.82, 2.24) is 4.90 Å². The van der Waals surface area contributed by atoms with Crippen molar-refractivity contribution >= 4 is 18.0 Å². The summed E-state index contributed by atoms with van der Waals surface area (Å²) in [5.41, 5.74) is 5.01. The minimum Gasteiger partial charge on any atom is -0.480 e. The van der Waals surface area contributed by atoms with E-state index in [-0.39, 0.29) is 18.9 Å². The zero-order chi connectivity index (χ0) is 22.9. The van der Waals surface area contributed by atoms with E-state index in [4.69, 9.17) is 0 Å². The lowest BCUT2D eigenvalue weighted by atomic mass is 10.0. The second-order valence-corrected chi connectivity index (χ2v) is 7.92. The van der Waals surface area contributed by atoms with Crippen LogP contribution in [0.4, 0.5) is 0 Å². The maximum absolute atomic E-state index is 13.2. The van der Waals surface area contributed by atoms with Gasteiger partial charge in [0, 0.05) is 19.0 Å². The van der Waals surface area contributed by atoms with Gasteiger partial charge < -0.3 is 10.0 Å². The predicted molar refractivity (Wildman–Crippen MR) is 128 cm³/mol. The van der Waals surface area contributed by atoms with Gasteiger partial charge in [-0.1, -0.05) is 91.3 Å². The molecule has 3 aromatic carbocycles. The van der Waals surface area contributed by atoms with E-state index >= 15 is 0 Å². The smallest absolute Gasteiger partial charge is 0.326 e. The summed E-state index contributed by atoms with van der Waals surface area (Å²) in [4.78, 5) is 26.9. The summed E-state index contributed by atoms with van der Waals surface area (Å²) in [6.07, 6.45) is 4.36. The van der Waals surface area contributed by atoms with Crippen LogP contribution in [0.3, 0.4) is 0 Å². The molecule has 0 aliphatic carbocycles. The van der Waals surface area contributed by atoms with Gasteiger partial charge in [0.15, 0.2) is 0 Å². The molecular weight excluding hydrogens is 398 g/mol. The van der Waals surface area contributed by atoms with Gasteiger partial charge in [-0.15, -0.1) is 0 Å². The van der Waals surface area contributed by atoms with E-state index in [0.29, 0.717) is 0 Å². The van der Waals surface area contributed by atoms with Crippen LogP contribution in [0.1, 0.15) is 34.7 Å². The third-order valence-electron chi connectivity index (χ3n) is 5.50. The van der Waals surface area contributed by atoms with Crippen LogP contribution >= 0.6 is 0 Å². The van der Waals surface area contributed by atoms with E-state index < -0.39 is 12.0 Å². The molecule has 4 nitrogen and oxygen atoms in total. The second kappa shape index (κ2) is 11.1. The molecule has 0 unspecified atom stereocenters. The van der Waals surface area contributed by atoms with Gasteiger partial charge >= 0.3 is 5.97 Å². The Morgan fingerprint density at radius 1 is 0.875 bits per heavy atom. The highest BCUT2D eigenvalue weighted by atomic mass is 16.4. The van der Waals surface area contributed by atoms with Crippen LogP contribution in [-0.2, 0) is 29.0 Å². The van der Waals surface area contributed by atoms with Gasteiger partial charge in [-0.3, -0.25) is 4.79 Å². The Hall–Kier alpha value is -3.66. The van der Waals surface area contributed by atoms with Crippen molar-refractivity contribution in [1.29, 1.82) is 0 Å². The first-order chi connectivity index (χ1) is 15.5. The van der Waals surface area contributed by atoms with Crippen LogP contribution < -0.4 is 0 Å². The largest absolute Gasteiger partial charge is 0.480 e. The fourth-order valence-corrected chi connectivity index (χ4v) is 3.53. The number of rotatable bonds is 9. The maximum Gasteiger partial charge on any atom is 0.326 e. The highest BCUT2D eigenvalue weighted by molar-refractivity contribution is 5.94. The summed E-state index contributed by atoms with van der Waals surface area (Å²) >= 11 is 0. The Bertz CT molecular complexity index is 1050. The standard InChI is InChI=1S/C28H29NO3/c1-3-22-13-15-25(16-14-22)20-29(26(28(31)32)19-24-7-5-4-6-8-24)27(30)18-17-23-11-9-21(2)10-12-23/h4-18,26H,3,19-20H2,1-2H3,(H,31,32)/b18-17+/t26-/m0/s1. The third kappa shape index (κ3) is 6.42. The number of benzene rings is 3. The predicted octanol–water partition coefficient (Wildman–Crippen LogP) is 5.30. The Morgan fingerprint density at radius 2 is 1.50 bits per heavy atom. The van der Waals surface area contributed by atoms with Crippen LogP contribution in [0.5, 0.6) is 0 Å². The molecule has 0 spiro atoms. The van der Waals surface area contributed by atoms with Crippen LogP contribution in [0, 0.1) is 6.92 Å². The number of aryl methyl sites for hydroxylation is 2. The van der Waals surface area contributed by atoms with E-state index in [0.717, 1.165) is 28.7 Å². The van der Waals surface area contributed by atoms with Crippen molar-refractivity contribution in [2.75, 3.05) is 0 Å². The van der Waals surface area contributed by atoms with E-state index in [9.17, 15) is 14.7 Å². The van der Waals surface area contributed by atoms with Gasteiger partial charge in [-0.2, -0.15) is 0 Å². The number of carboxylic acids is 1. The number of carboxylic acid groups (broad SMARTS) is 1. The molecule has 32 heavy (non-hydrogen) atoms. The summed E-state index contributed by atoms with van der Waals surface area (Å²) in [5.74, 6) is -1.34. The summed E-state index contributed by atoms with van der Waals surface area (Å²) in [5, 5.41) is 10.0. The van der Waals surface area contributed by atoms with Gasteiger partial charge in [0.1, 0.15) is 6.04 Å². The zero-order valence-electron chi connectivity index (χ0n) is 18.6. The molecule has 0 heterocycles. The van der Waals surface area contributed by atoms with Gasteiger partial charge in [0.25, 0.3) is 0 Å². The molecule has 0 fully saturated rings. The molecule has 3 aromatic rings. The van der Waals surface area contributed by atoms with Gasteiger partial charge in [0.05, 0.1) is 0 Å². The first kappa shape index (κ1) is 23.0. The molecule has 3 rings (SSSR count). The van der Waals surface area contributed by atoms with Crippen LogP contribution in [0.25, 0.3) is 6.08 Å². The van der Waals surface area contributed by atoms with Crippen molar-refractivity contribution in [3.8, 4) is 0 Å². The highest BCUT2D eigenvalue weighted by Crippen LogP contribution is 2.16. The quantitative estimate of drug-likeness (QED) is 0.472. The Labute approximate surface area is 189 Å². The SMILES string of the molecule is CCc1ccc(CN(C(=O)/C=C/c2ccc(C)cc2)[C@@H](Cc2ccccc2)C(=O)O)cc1. The number of hydrogen-bond acceptors (Lipinski definition) is 2. The summed E-state index contributed by atoms with van der Waals surface area (Å²) in [6.45, 7) is 4.32. The van der Waals surface area contributed by atoms with Crippen LogP contribution in [0.2, 0.25) is 0 Å². The minimum absolute atomic E-state index is 0.227. The topological polar surface area (TPSA) is 57.6 Å². The number of aliphatic carboxylic acids is 1. The maximum atomic E-state index is 13.2. The Kier molecular flexibility index (Phi) is 7.98. The molecule has 0 aliphatic heterocycles. The summed E-state index contributed by atoms with van der Waals surface area (Å²) < 4.78 is 0. The van der Waals surface area contributed by atoms with Crippen molar-refractivity contribution in [2.45, 2.75) is 39.3 Å². The lowest BCUT2D eigenvalue weighted by Crippen LogP contribution is -2.45. The number of carbonyl (C=O) groups is 2. The lowest BCUT2D eigenvalue weighted by molar-refractivity contribution is -0.148. The highest BCUT2D eigenvalue weighted by Gasteiger charge is 2.29. The molecule has 1 N–H and O–H groups in total.